The first-order valence-electron chi connectivity index (χ1n) is 9.96. The summed E-state index contributed by atoms with van der Waals surface area (Å²) < 4.78 is 22.0. The molecule has 164 valence electrons. The van der Waals surface area contributed by atoms with Crippen molar-refractivity contribution >= 4 is 5.96 Å². The van der Waals surface area contributed by atoms with Crippen LogP contribution in [0.4, 0.5) is 0 Å². The average molecular weight is 416 g/mol. The number of rotatable bonds is 11. The Labute approximate surface area is 179 Å². The molecule has 0 fully saturated rings. The van der Waals surface area contributed by atoms with Crippen LogP contribution in [0.25, 0.3) is 0 Å². The van der Waals surface area contributed by atoms with Crippen LogP contribution < -0.4 is 24.8 Å². The molecule has 1 unspecified atom stereocenters. The van der Waals surface area contributed by atoms with Crippen molar-refractivity contribution in [2.75, 3.05) is 41.5 Å². The van der Waals surface area contributed by atoms with E-state index in [0.717, 1.165) is 17.9 Å². The van der Waals surface area contributed by atoms with Gasteiger partial charge in [0.05, 0.1) is 34.5 Å². The minimum Gasteiger partial charge on any atom is -0.496 e. The van der Waals surface area contributed by atoms with E-state index in [9.17, 15) is 0 Å². The van der Waals surface area contributed by atoms with Gasteiger partial charge in [0.25, 0.3) is 0 Å². The van der Waals surface area contributed by atoms with Gasteiger partial charge in [-0.25, -0.2) is 0 Å². The Hall–Kier alpha value is -2.93. The first-order chi connectivity index (χ1) is 14.6. The summed E-state index contributed by atoms with van der Waals surface area (Å²) in [7, 11) is 6.60. The molecule has 1 atom stereocenters. The summed E-state index contributed by atoms with van der Waals surface area (Å²) in [5, 5.41) is 6.65. The molecule has 30 heavy (non-hydrogen) atoms. The van der Waals surface area contributed by atoms with E-state index in [1.807, 2.05) is 30.3 Å². The van der Waals surface area contributed by atoms with Crippen LogP contribution in [0.5, 0.6) is 17.2 Å². The van der Waals surface area contributed by atoms with E-state index in [2.05, 4.69) is 34.7 Å². The Bertz CT molecular complexity index is 797. The highest BCUT2D eigenvalue weighted by Crippen LogP contribution is 2.34. The van der Waals surface area contributed by atoms with Gasteiger partial charge < -0.3 is 29.6 Å². The van der Waals surface area contributed by atoms with Crippen LogP contribution in [0.15, 0.2) is 47.5 Å². The first-order valence-corrected chi connectivity index (χ1v) is 9.96. The predicted octanol–water partition coefficient (Wildman–Crippen LogP) is 3.23. The first kappa shape index (κ1) is 23.3. The summed E-state index contributed by atoms with van der Waals surface area (Å²) in [6.45, 7) is 4.71. The molecule has 0 amide bonds. The molecule has 0 radical (unpaired) electrons. The van der Waals surface area contributed by atoms with E-state index >= 15 is 0 Å². The Balaban J connectivity index is 1.81. The maximum absolute atomic E-state index is 5.81. The monoisotopic (exact) mass is 415 g/mol. The van der Waals surface area contributed by atoms with Gasteiger partial charge in [-0.05, 0) is 17.5 Å². The van der Waals surface area contributed by atoms with E-state index < -0.39 is 0 Å². The minimum atomic E-state index is 0.336. The van der Waals surface area contributed by atoms with Gasteiger partial charge in [0.15, 0.2) is 17.5 Å². The minimum absolute atomic E-state index is 0.336. The number of methoxy groups -OCH3 is 3. The smallest absolute Gasteiger partial charge is 0.191 e. The predicted molar refractivity (Wildman–Crippen MR) is 120 cm³/mol. The lowest BCUT2D eigenvalue weighted by Gasteiger charge is -2.18. The van der Waals surface area contributed by atoms with Gasteiger partial charge in [-0.15, -0.1) is 0 Å². The second kappa shape index (κ2) is 12.6. The van der Waals surface area contributed by atoms with Gasteiger partial charge in [0.1, 0.15) is 5.75 Å². The molecule has 2 N–H and O–H groups in total. The number of nitrogens with one attached hydrogen (secondary N) is 2. The number of ether oxygens (including phenoxy) is 4. The van der Waals surface area contributed by atoms with E-state index in [0.29, 0.717) is 43.1 Å². The largest absolute Gasteiger partial charge is 0.496 e. The molecule has 0 aliphatic carbocycles. The highest BCUT2D eigenvalue weighted by Gasteiger charge is 2.12. The third kappa shape index (κ3) is 7.15. The Kier molecular flexibility index (Phi) is 9.80. The zero-order valence-electron chi connectivity index (χ0n) is 18.5. The molecule has 7 heteroatoms. The number of hydrogen-bond donors (Lipinski definition) is 2. The number of nitrogens with zero attached hydrogens (tertiary/aromatic N) is 1. The summed E-state index contributed by atoms with van der Waals surface area (Å²) in [5.41, 5.74) is 2.12. The average Bonchev–Trinajstić information content (AvgIpc) is 2.79. The van der Waals surface area contributed by atoms with Crippen LogP contribution in [0.2, 0.25) is 0 Å². The second-order valence-corrected chi connectivity index (χ2v) is 6.93. The van der Waals surface area contributed by atoms with Gasteiger partial charge in [-0.3, -0.25) is 4.99 Å². The van der Waals surface area contributed by atoms with Crippen molar-refractivity contribution in [3.05, 3.63) is 53.6 Å². The van der Waals surface area contributed by atoms with Crippen LogP contribution in [-0.4, -0.2) is 47.5 Å². The molecule has 0 aromatic heterocycles. The summed E-state index contributed by atoms with van der Waals surface area (Å²) in [6, 6.07) is 13.9. The molecule has 2 rings (SSSR count). The zero-order chi connectivity index (χ0) is 21.8. The second-order valence-electron chi connectivity index (χ2n) is 6.93. The molecule has 0 saturated carbocycles. The fraction of sp³-hybridized carbons (Fsp3) is 0.435. The topological polar surface area (TPSA) is 73.3 Å². The highest BCUT2D eigenvalue weighted by atomic mass is 16.5. The summed E-state index contributed by atoms with van der Waals surface area (Å²) in [4.78, 5) is 4.29. The van der Waals surface area contributed by atoms with Crippen LogP contribution in [0.1, 0.15) is 18.1 Å². The molecule has 2 aromatic rings. The Morgan fingerprint density at radius 2 is 1.60 bits per heavy atom. The molecule has 7 nitrogen and oxygen atoms in total. The number of hydrogen-bond acceptors (Lipinski definition) is 5. The van der Waals surface area contributed by atoms with Crippen molar-refractivity contribution in [3.63, 3.8) is 0 Å². The van der Waals surface area contributed by atoms with Crippen molar-refractivity contribution in [1.82, 2.24) is 10.6 Å². The Morgan fingerprint density at radius 1 is 0.933 bits per heavy atom. The molecule has 2 aromatic carbocycles. The molecule has 0 bridgehead atoms. The molecular formula is C23H33N3O4. The Morgan fingerprint density at radius 3 is 2.23 bits per heavy atom. The van der Waals surface area contributed by atoms with Crippen LogP contribution >= 0.6 is 0 Å². The van der Waals surface area contributed by atoms with Crippen molar-refractivity contribution in [1.29, 1.82) is 0 Å². The molecule has 0 saturated heterocycles. The molecular weight excluding hydrogens is 382 g/mol. The lowest BCUT2D eigenvalue weighted by atomic mass is 10.1. The molecule has 0 aliphatic heterocycles. The number of aliphatic imine (C=N–C) groups is 1. The lowest BCUT2D eigenvalue weighted by Crippen LogP contribution is -2.39. The van der Waals surface area contributed by atoms with Crippen molar-refractivity contribution in [3.8, 4) is 17.2 Å². The standard InChI is InChI=1S/C23H33N3O4/c1-17(15-30-16-18-9-7-6-8-10-18)13-25-23(24-2)26-14-19-11-21(28-4)22(29-5)12-20(19)27-3/h6-12,17H,13-16H2,1-5H3,(H2,24,25,26). The van der Waals surface area contributed by atoms with E-state index in [1.165, 1.54) is 5.56 Å². The maximum Gasteiger partial charge on any atom is 0.191 e. The lowest BCUT2D eigenvalue weighted by molar-refractivity contribution is 0.0931. The number of benzene rings is 2. The molecule has 0 heterocycles. The van der Waals surface area contributed by atoms with Crippen molar-refractivity contribution in [2.24, 2.45) is 10.9 Å². The fourth-order valence-corrected chi connectivity index (χ4v) is 2.91. The molecule has 0 spiro atoms. The van der Waals surface area contributed by atoms with Gasteiger partial charge >= 0.3 is 0 Å². The van der Waals surface area contributed by atoms with Gasteiger partial charge in [-0.2, -0.15) is 0 Å². The SMILES string of the molecule is CN=C(NCc1cc(OC)c(OC)cc1OC)NCC(C)COCc1ccccc1. The highest BCUT2D eigenvalue weighted by molar-refractivity contribution is 5.79. The fourth-order valence-electron chi connectivity index (χ4n) is 2.91. The summed E-state index contributed by atoms with van der Waals surface area (Å²) in [5.74, 6) is 3.05. The maximum atomic E-state index is 5.81. The van der Waals surface area contributed by atoms with Gasteiger partial charge in [-0.1, -0.05) is 37.3 Å². The number of guanidine groups is 1. The van der Waals surface area contributed by atoms with Crippen molar-refractivity contribution < 1.29 is 18.9 Å². The van der Waals surface area contributed by atoms with Gasteiger partial charge in [0.2, 0.25) is 0 Å². The zero-order valence-corrected chi connectivity index (χ0v) is 18.5. The normalized spacial score (nSPS) is 12.2. The quantitative estimate of drug-likeness (QED) is 0.434. The van der Waals surface area contributed by atoms with E-state index in [1.54, 1.807) is 28.4 Å². The van der Waals surface area contributed by atoms with E-state index in [4.69, 9.17) is 18.9 Å². The third-order valence-electron chi connectivity index (χ3n) is 4.59. The van der Waals surface area contributed by atoms with Crippen molar-refractivity contribution in [2.45, 2.75) is 20.1 Å². The third-order valence-corrected chi connectivity index (χ3v) is 4.59. The van der Waals surface area contributed by atoms with Crippen LogP contribution in [0, 0.1) is 5.92 Å². The summed E-state index contributed by atoms with van der Waals surface area (Å²) in [6.07, 6.45) is 0. The molecule has 0 aliphatic rings. The van der Waals surface area contributed by atoms with Crippen LogP contribution in [-0.2, 0) is 17.9 Å². The van der Waals surface area contributed by atoms with Crippen LogP contribution in [0.3, 0.4) is 0 Å². The van der Waals surface area contributed by atoms with E-state index in [-0.39, 0.29) is 0 Å². The van der Waals surface area contributed by atoms with Gasteiger partial charge in [0, 0.05) is 31.8 Å². The summed E-state index contributed by atoms with van der Waals surface area (Å²) >= 11 is 0.